The zero-order valence-electron chi connectivity index (χ0n) is 10.4. The van der Waals surface area contributed by atoms with Crippen molar-refractivity contribution in [2.75, 3.05) is 13.6 Å². The molecule has 1 heterocycles. The smallest absolute Gasteiger partial charge is 0.0343 e. The highest BCUT2D eigenvalue weighted by molar-refractivity contribution is 9.10. The second-order valence-corrected chi connectivity index (χ2v) is 5.60. The normalized spacial score (nSPS) is 22.4. The molecule has 1 aromatic rings. The molecule has 1 aliphatic heterocycles. The van der Waals surface area contributed by atoms with Crippen LogP contribution in [0.1, 0.15) is 37.3 Å². The number of hydrogen-bond acceptors (Lipinski definition) is 2. The van der Waals surface area contributed by atoms with Gasteiger partial charge in [-0.2, -0.15) is 0 Å². The molecule has 1 saturated heterocycles. The summed E-state index contributed by atoms with van der Waals surface area (Å²) in [6, 6.07) is 9.59. The zero-order chi connectivity index (χ0) is 12.1. The second kappa shape index (κ2) is 6.53. The van der Waals surface area contributed by atoms with Crippen molar-refractivity contribution in [3.63, 3.8) is 0 Å². The van der Waals surface area contributed by atoms with Gasteiger partial charge in [-0.25, -0.2) is 0 Å². The van der Waals surface area contributed by atoms with Crippen LogP contribution in [0.5, 0.6) is 0 Å². The summed E-state index contributed by atoms with van der Waals surface area (Å²) in [4.78, 5) is 0. The molecule has 3 heteroatoms. The van der Waals surface area contributed by atoms with Crippen LogP contribution >= 0.6 is 15.9 Å². The van der Waals surface area contributed by atoms with E-state index >= 15 is 0 Å². The first-order valence-corrected chi connectivity index (χ1v) is 7.25. The van der Waals surface area contributed by atoms with Gasteiger partial charge in [0.05, 0.1) is 0 Å². The minimum Gasteiger partial charge on any atom is -0.314 e. The fraction of sp³-hybridized carbons (Fsp3) is 0.571. The van der Waals surface area contributed by atoms with Crippen LogP contribution in [0.15, 0.2) is 28.7 Å². The summed E-state index contributed by atoms with van der Waals surface area (Å²) in [5.74, 6) is 0. The first-order chi connectivity index (χ1) is 8.31. The standard InChI is InChI=1S/C14H21BrN2/c1-16-14(10-11-6-4-5-9-17-11)12-7-2-3-8-13(12)15/h2-3,7-8,11,14,16-17H,4-6,9-10H2,1H3. The lowest BCUT2D eigenvalue weighted by Crippen LogP contribution is -2.37. The SMILES string of the molecule is CNC(CC1CCCCN1)c1ccccc1Br. The lowest BCUT2D eigenvalue weighted by Gasteiger charge is -2.28. The summed E-state index contributed by atoms with van der Waals surface area (Å²) < 4.78 is 1.20. The van der Waals surface area contributed by atoms with E-state index in [1.54, 1.807) is 0 Å². The monoisotopic (exact) mass is 296 g/mol. The van der Waals surface area contributed by atoms with E-state index in [4.69, 9.17) is 0 Å². The van der Waals surface area contributed by atoms with E-state index in [2.05, 4.69) is 50.8 Å². The van der Waals surface area contributed by atoms with Gasteiger partial charge in [0.1, 0.15) is 0 Å². The second-order valence-electron chi connectivity index (χ2n) is 4.75. The molecule has 94 valence electrons. The van der Waals surface area contributed by atoms with Crippen molar-refractivity contribution in [3.05, 3.63) is 34.3 Å². The predicted octanol–water partition coefficient (Wildman–Crippen LogP) is 3.24. The topological polar surface area (TPSA) is 24.1 Å². The maximum absolute atomic E-state index is 3.64. The Balaban J connectivity index is 2.03. The van der Waals surface area contributed by atoms with Crippen molar-refractivity contribution in [1.29, 1.82) is 0 Å². The lowest BCUT2D eigenvalue weighted by atomic mass is 9.94. The molecule has 1 fully saturated rings. The van der Waals surface area contributed by atoms with Crippen LogP contribution in [0.2, 0.25) is 0 Å². The first kappa shape index (κ1) is 13.1. The maximum atomic E-state index is 3.64. The van der Waals surface area contributed by atoms with E-state index in [1.807, 2.05) is 7.05 Å². The molecule has 2 atom stereocenters. The van der Waals surface area contributed by atoms with E-state index < -0.39 is 0 Å². The molecule has 1 aliphatic rings. The molecule has 0 radical (unpaired) electrons. The summed E-state index contributed by atoms with van der Waals surface area (Å²) in [5, 5.41) is 7.05. The molecule has 0 aliphatic carbocycles. The number of benzene rings is 1. The Kier molecular flexibility index (Phi) is 5.01. The summed E-state index contributed by atoms with van der Waals surface area (Å²) in [6.07, 6.45) is 5.17. The van der Waals surface area contributed by atoms with Crippen molar-refractivity contribution in [2.24, 2.45) is 0 Å². The van der Waals surface area contributed by atoms with E-state index in [0.29, 0.717) is 12.1 Å². The molecule has 2 N–H and O–H groups in total. The van der Waals surface area contributed by atoms with Crippen LogP contribution in [-0.4, -0.2) is 19.6 Å². The Morgan fingerprint density at radius 2 is 2.24 bits per heavy atom. The molecule has 2 unspecified atom stereocenters. The van der Waals surface area contributed by atoms with Crippen molar-refractivity contribution in [2.45, 2.75) is 37.8 Å². The highest BCUT2D eigenvalue weighted by atomic mass is 79.9. The minimum atomic E-state index is 0.432. The van der Waals surface area contributed by atoms with Gasteiger partial charge in [-0.1, -0.05) is 40.5 Å². The van der Waals surface area contributed by atoms with Gasteiger partial charge in [0.2, 0.25) is 0 Å². The average molecular weight is 297 g/mol. The van der Waals surface area contributed by atoms with Crippen LogP contribution in [-0.2, 0) is 0 Å². The molecule has 17 heavy (non-hydrogen) atoms. The molecule has 1 aromatic carbocycles. The van der Waals surface area contributed by atoms with Gasteiger partial charge in [0.25, 0.3) is 0 Å². The highest BCUT2D eigenvalue weighted by Crippen LogP contribution is 2.27. The van der Waals surface area contributed by atoms with Gasteiger partial charge in [-0.05, 0) is 44.5 Å². The van der Waals surface area contributed by atoms with Crippen molar-refractivity contribution >= 4 is 15.9 Å². The highest BCUT2D eigenvalue weighted by Gasteiger charge is 2.19. The lowest BCUT2D eigenvalue weighted by molar-refractivity contribution is 0.346. The van der Waals surface area contributed by atoms with Gasteiger partial charge in [-0.15, -0.1) is 0 Å². The summed E-state index contributed by atoms with van der Waals surface area (Å²) in [7, 11) is 2.05. The van der Waals surface area contributed by atoms with Gasteiger partial charge >= 0.3 is 0 Å². The van der Waals surface area contributed by atoms with Crippen LogP contribution < -0.4 is 10.6 Å². The number of rotatable bonds is 4. The number of nitrogens with one attached hydrogen (secondary N) is 2. The van der Waals surface area contributed by atoms with Crippen LogP contribution in [0.3, 0.4) is 0 Å². The summed E-state index contributed by atoms with van der Waals surface area (Å²) in [6.45, 7) is 1.18. The number of hydrogen-bond donors (Lipinski definition) is 2. The minimum absolute atomic E-state index is 0.432. The van der Waals surface area contributed by atoms with Crippen molar-refractivity contribution in [3.8, 4) is 0 Å². The Labute approximate surface area is 112 Å². The molecule has 0 saturated carbocycles. The molecule has 0 amide bonds. The average Bonchev–Trinajstić information content (AvgIpc) is 2.38. The quantitative estimate of drug-likeness (QED) is 0.891. The molecule has 0 bridgehead atoms. The number of halogens is 1. The Morgan fingerprint density at radius 3 is 2.88 bits per heavy atom. The van der Waals surface area contributed by atoms with Crippen LogP contribution in [0.25, 0.3) is 0 Å². The predicted molar refractivity (Wildman–Crippen MR) is 76.2 cm³/mol. The fourth-order valence-corrected chi connectivity index (χ4v) is 3.13. The summed E-state index contributed by atoms with van der Waals surface area (Å²) in [5.41, 5.74) is 1.36. The fourth-order valence-electron chi connectivity index (χ4n) is 2.57. The summed E-state index contributed by atoms with van der Waals surface area (Å²) >= 11 is 3.64. The van der Waals surface area contributed by atoms with Crippen molar-refractivity contribution < 1.29 is 0 Å². The molecule has 2 nitrogen and oxygen atoms in total. The van der Waals surface area contributed by atoms with Crippen molar-refractivity contribution in [1.82, 2.24) is 10.6 Å². The van der Waals surface area contributed by atoms with E-state index in [1.165, 1.54) is 42.3 Å². The number of piperidine rings is 1. The molecule has 0 aromatic heterocycles. The molecule has 0 spiro atoms. The first-order valence-electron chi connectivity index (χ1n) is 6.46. The Morgan fingerprint density at radius 1 is 1.41 bits per heavy atom. The third kappa shape index (κ3) is 3.54. The Hall–Kier alpha value is -0.380. The van der Waals surface area contributed by atoms with Crippen LogP contribution in [0, 0.1) is 0 Å². The van der Waals surface area contributed by atoms with Crippen LogP contribution in [0.4, 0.5) is 0 Å². The largest absolute Gasteiger partial charge is 0.314 e. The van der Waals surface area contributed by atoms with Gasteiger partial charge in [-0.3, -0.25) is 0 Å². The van der Waals surface area contributed by atoms with E-state index in [-0.39, 0.29) is 0 Å². The Bertz CT molecular complexity index is 348. The van der Waals surface area contributed by atoms with E-state index in [9.17, 15) is 0 Å². The van der Waals surface area contributed by atoms with E-state index in [0.717, 1.165) is 0 Å². The van der Waals surface area contributed by atoms with Gasteiger partial charge in [0, 0.05) is 16.6 Å². The van der Waals surface area contributed by atoms with Gasteiger partial charge < -0.3 is 10.6 Å². The molecule has 2 rings (SSSR count). The van der Waals surface area contributed by atoms with Gasteiger partial charge in [0.15, 0.2) is 0 Å². The third-order valence-electron chi connectivity index (χ3n) is 3.56. The zero-order valence-corrected chi connectivity index (χ0v) is 12.0. The molecular formula is C14H21BrN2. The maximum Gasteiger partial charge on any atom is 0.0343 e. The molecular weight excluding hydrogens is 276 g/mol. The third-order valence-corrected chi connectivity index (χ3v) is 4.28.